The number of nitro benzene ring substituents is 1. The number of likely N-dealkylation sites (N-methyl/N-ethyl adjacent to an activating group) is 1. The Balaban J connectivity index is 1.99. The Kier molecular flexibility index (Phi) is 5.68. The first kappa shape index (κ1) is 16.5. The molecule has 2 aromatic rings. The standard InChI is InChI=1S/C17H18N2O4/c1-2-18(12-14-8-4-3-5-9-14)17(20)13-23-16-11-7-6-10-15(16)19(21)22/h3-11H,2,12-13H2,1H3. The van der Waals surface area contributed by atoms with E-state index in [0.717, 1.165) is 5.56 Å². The van der Waals surface area contributed by atoms with Gasteiger partial charge in [-0.1, -0.05) is 42.5 Å². The van der Waals surface area contributed by atoms with Gasteiger partial charge in [-0.2, -0.15) is 0 Å². The minimum atomic E-state index is -0.526. The summed E-state index contributed by atoms with van der Waals surface area (Å²) in [6.45, 7) is 2.67. The first-order valence-electron chi connectivity index (χ1n) is 7.29. The minimum absolute atomic E-state index is 0.0987. The van der Waals surface area contributed by atoms with Crippen LogP contribution in [0.1, 0.15) is 12.5 Å². The summed E-state index contributed by atoms with van der Waals surface area (Å²) < 4.78 is 5.35. The van der Waals surface area contributed by atoms with Gasteiger partial charge in [0, 0.05) is 19.2 Å². The smallest absolute Gasteiger partial charge is 0.310 e. The molecule has 0 aliphatic rings. The highest BCUT2D eigenvalue weighted by molar-refractivity contribution is 5.77. The summed E-state index contributed by atoms with van der Waals surface area (Å²) in [6.07, 6.45) is 0. The Morgan fingerprint density at radius 1 is 1.13 bits per heavy atom. The summed E-state index contributed by atoms with van der Waals surface area (Å²) in [4.78, 5) is 24.3. The van der Waals surface area contributed by atoms with Crippen LogP contribution >= 0.6 is 0 Å². The summed E-state index contributed by atoms with van der Waals surface area (Å²) in [5, 5.41) is 10.9. The highest BCUT2D eigenvalue weighted by Crippen LogP contribution is 2.25. The number of rotatable bonds is 7. The molecule has 0 fully saturated rings. The van der Waals surface area contributed by atoms with Crippen LogP contribution in [0, 0.1) is 10.1 Å². The van der Waals surface area contributed by atoms with Gasteiger partial charge >= 0.3 is 5.69 Å². The van der Waals surface area contributed by atoms with Crippen LogP contribution in [0.3, 0.4) is 0 Å². The van der Waals surface area contributed by atoms with Crippen molar-refractivity contribution >= 4 is 11.6 Å². The van der Waals surface area contributed by atoms with Gasteiger partial charge in [0.15, 0.2) is 12.4 Å². The topological polar surface area (TPSA) is 72.7 Å². The minimum Gasteiger partial charge on any atom is -0.477 e. The molecule has 0 saturated heterocycles. The van der Waals surface area contributed by atoms with Crippen LogP contribution in [0.5, 0.6) is 5.75 Å². The maximum atomic E-state index is 12.3. The van der Waals surface area contributed by atoms with Crippen LogP contribution in [0.25, 0.3) is 0 Å². The molecular weight excluding hydrogens is 296 g/mol. The third-order valence-corrected chi connectivity index (χ3v) is 3.36. The Bertz CT molecular complexity index is 673. The zero-order valence-electron chi connectivity index (χ0n) is 12.8. The Morgan fingerprint density at radius 2 is 1.78 bits per heavy atom. The lowest BCUT2D eigenvalue weighted by atomic mass is 10.2. The molecule has 2 rings (SSSR count). The second kappa shape index (κ2) is 7.93. The lowest BCUT2D eigenvalue weighted by molar-refractivity contribution is -0.385. The molecule has 6 nitrogen and oxygen atoms in total. The van der Waals surface area contributed by atoms with Crippen LogP contribution in [-0.4, -0.2) is 28.9 Å². The molecule has 0 radical (unpaired) electrons. The number of carbonyl (C=O) groups is 1. The molecule has 0 N–H and O–H groups in total. The van der Waals surface area contributed by atoms with Crippen molar-refractivity contribution in [3.8, 4) is 5.75 Å². The number of para-hydroxylation sites is 2. The molecule has 0 unspecified atom stereocenters. The van der Waals surface area contributed by atoms with Gasteiger partial charge in [0.05, 0.1) is 4.92 Å². The van der Waals surface area contributed by atoms with Crippen molar-refractivity contribution < 1.29 is 14.5 Å². The van der Waals surface area contributed by atoms with E-state index in [1.807, 2.05) is 37.3 Å². The van der Waals surface area contributed by atoms with Crippen LogP contribution in [0.15, 0.2) is 54.6 Å². The number of hydrogen-bond acceptors (Lipinski definition) is 4. The van der Waals surface area contributed by atoms with E-state index in [-0.39, 0.29) is 24.0 Å². The van der Waals surface area contributed by atoms with E-state index in [9.17, 15) is 14.9 Å². The Morgan fingerprint density at radius 3 is 2.43 bits per heavy atom. The van der Waals surface area contributed by atoms with E-state index in [4.69, 9.17) is 4.74 Å². The van der Waals surface area contributed by atoms with Crippen molar-refractivity contribution in [2.24, 2.45) is 0 Å². The maximum absolute atomic E-state index is 12.3. The summed E-state index contributed by atoms with van der Waals surface area (Å²) in [6, 6.07) is 15.7. The molecule has 0 atom stereocenters. The SMILES string of the molecule is CCN(Cc1ccccc1)C(=O)COc1ccccc1[N+](=O)[O-]. The molecule has 0 aliphatic heterocycles. The fourth-order valence-corrected chi connectivity index (χ4v) is 2.14. The summed E-state index contributed by atoms with van der Waals surface area (Å²) in [7, 11) is 0. The number of benzene rings is 2. The van der Waals surface area contributed by atoms with Gasteiger partial charge in [-0.3, -0.25) is 14.9 Å². The third-order valence-electron chi connectivity index (χ3n) is 3.36. The van der Waals surface area contributed by atoms with Crippen LogP contribution < -0.4 is 4.74 Å². The molecule has 2 aromatic carbocycles. The normalized spacial score (nSPS) is 10.1. The first-order chi connectivity index (χ1) is 11.1. The quantitative estimate of drug-likeness (QED) is 0.581. The van der Waals surface area contributed by atoms with E-state index in [1.54, 1.807) is 17.0 Å². The highest BCUT2D eigenvalue weighted by Gasteiger charge is 2.17. The molecule has 23 heavy (non-hydrogen) atoms. The number of hydrogen-bond donors (Lipinski definition) is 0. The van der Waals surface area contributed by atoms with Crippen molar-refractivity contribution in [3.05, 3.63) is 70.3 Å². The van der Waals surface area contributed by atoms with Crippen LogP contribution in [0.4, 0.5) is 5.69 Å². The molecule has 0 bridgehead atoms. The van der Waals surface area contributed by atoms with Gasteiger partial charge < -0.3 is 9.64 Å². The molecule has 0 aromatic heterocycles. The average molecular weight is 314 g/mol. The Labute approximate surface area is 134 Å². The Hall–Kier alpha value is -2.89. The van der Waals surface area contributed by atoms with Gasteiger partial charge in [-0.15, -0.1) is 0 Å². The van der Waals surface area contributed by atoms with Crippen molar-refractivity contribution in [2.45, 2.75) is 13.5 Å². The molecule has 1 amide bonds. The molecule has 6 heteroatoms. The van der Waals surface area contributed by atoms with Gasteiger partial charge in [-0.05, 0) is 18.6 Å². The number of carbonyl (C=O) groups excluding carboxylic acids is 1. The number of ether oxygens (including phenoxy) is 1. The second-order valence-electron chi connectivity index (χ2n) is 4.91. The summed E-state index contributed by atoms with van der Waals surface area (Å²) >= 11 is 0. The zero-order valence-corrected chi connectivity index (χ0v) is 12.8. The summed E-state index contributed by atoms with van der Waals surface area (Å²) in [5.41, 5.74) is 0.875. The average Bonchev–Trinajstić information content (AvgIpc) is 2.58. The van der Waals surface area contributed by atoms with Crippen molar-refractivity contribution in [2.75, 3.05) is 13.2 Å². The van der Waals surface area contributed by atoms with Crippen molar-refractivity contribution in [1.29, 1.82) is 0 Å². The largest absolute Gasteiger partial charge is 0.477 e. The van der Waals surface area contributed by atoms with Gasteiger partial charge in [0.25, 0.3) is 5.91 Å². The maximum Gasteiger partial charge on any atom is 0.310 e. The predicted octanol–water partition coefficient (Wildman–Crippen LogP) is 3.02. The number of nitro groups is 1. The van der Waals surface area contributed by atoms with E-state index < -0.39 is 4.92 Å². The van der Waals surface area contributed by atoms with Gasteiger partial charge in [0.1, 0.15) is 0 Å². The number of amides is 1. The van der Waals surface area contributed by atoms with Gasteiger partial charge in [0.2, 0.25) is 0 Å². The fraction of sp³-hybridized carbons (Fsp3) is 0.235. The molecule has 120 valence electrons. The third kappa shape index (κ3) is 4.54. The van der Waals surface area contributed by atoms with E-state index in [1.165, 1.54) is 12.1 Å². The summed E-state index contributed by atoms with van der Waals surface area (Å²) in [5.74, 6) is -0.115. The first-order valence-corrected chi connectivity index (χ1v) is 7.29. The number of nitrogens with zero attached hydrogens (tertiary/aromatic N) is 2. The molecule has 0 spiro atoms. The fourth-order valence-electron chi connectivity index (χ4n) is 2.14. The highest BCUT2D eigenvalue weighted by atomic mass is 16.6. The molecular formula is C17H18N2O4. The van der Waals surface area contributed by atoms with Crippen LogP contribution in [-0.2, 0) is 11.3 Å². The van der Waals surface area contributed by atoms with E-state index >= 15 is 0 Å². The lowest BCUT2D eigenvalue weighted by Gasteiger charge is -2.21. The van der Waals surface area contributed by atoms with Crippen molar-refractivity contribution in [3.63, 3.8) is 0 Å². The van der Waals surface area contributed by atoms with E-state index in [2.05, 4.69) is 0 Å². The van der Waals surface area contributed by atoms with Gasteiger partial charge in [-0.25, -0.2) is 0 Å². The molecule has 0 heterocycles. The monoisotopic (exact) mass is 314 g/mol. The van der Waals surface area contributed by atoms with E-state index in [0.29, 0.717) is 13.1 Å². The lowest BCUT2D eigenvalue weighted by Crippen LogP contribution is -2.34. The molecule has 0 aliphatic carbocycles. The van der Waals surface area contributed by atoms with Crippen LogP contribution in [0.2, 0.25) is 0 Å². The predicted molar refractivity (Wildman–Crippen MR) is 86.1 cm³/mol. The molecule has 0 saturated carbocycles. The zero-order chi connectivity index (χ0) is 16.7. The van der Waals surface area contributed by atoms with Crippen molar-refractivity contribution in [1.82, 2.24) is 4.90 Å². The second-order valence-corrected chi connectivity index (χ2v) is 4.91.